The Morgan fingerprint density at radius 2 is 1.70 bits per heavy atom. The molecule has 0 aromatic heterocycles. The number of carbonyl (C=O) groups excluding carboxylic acids is 2. The second-order valence-corrected chi connectivity index (χ2v) is 12.7. The molecule has 2 amide bonds. The van der Waals surface area contributed by atoms with Crippen molar-refractivity contribution in [2.24, 2.45) is 0 Å². The van der Waals surface area contributed by atoms with Crippen molar-refractivity contribution in [3.05, 3.63) is 94.3 Å². The number of aromatic hydroxyl groups is 1. The van der Waals surface area contributed by atoms with Gasteiger partial charge in [0.2, 0.25) is 11.8 Å². The molecule has 3 aliphatic heterocycles. The number of piperidine rings is 1. The van der Waals surface area contributed by atoms with Gasteiger partial charge < -0.3 is 25.5 Å². The van der Waals surface area contributed by atoms with Gasteiger partial charge in [-0.25, -0.2) is 4.39 Å². The molecule has 0 bridgehead atoms. The van der Waals surface area contributed by atoms with E-state index in [0.717, 1.165) is 52.9 Å². The van der Waals surface area contributed by atoms with Crippen LogP contribution in [0.3, 0.4) is 0 Å². The fraction of sp³-hybridized carbons (Fsp3) is 0.474. The Labute approximate surface area is 274 Å². The van der Waals surface area contributed by atoms with Crippen molar-refractivity contribution in [1.82, 2.24) is 15.5 Å². The highest BCUT2D eigenvalue weighted by Gasteiger charge is 2.45. The number of likely N-dealkylation sites (N-methyl/N-ethyl adjacent to an activating group) is 1. The Hall–Kier alpha value is -3.91. The van der Waals surface area contributed by atoms with E-state index in [0.29, 0.717) is 32.5 Å². The van der Waals surface area contributed by atoms with Gasteiger partial charge >= 0.3 is 0 Å². The summed E-state index contributed by atoms with van der Waals surface area (Å²) in [4.78, 5) is 31.5. The molecular formula is C38H51FN4O3. The molecule has 6 rings (SSSR count). The third kappa shape index (κ3) is 7.89. The van der Waals surface area contributed by atoms with Gasteiger partial charge in [-0.3, -0.25) is 9.59 Å². The van der Waals surface area contributed by atoms with Crippen molar-refractivity contribution in [3.8, 4) is 5.75 Å². The number of anilines is 1. The zero-order valence-corrected chi connectivity index (χ0v) is 28.3. The van der Waals surface area contributed by atoms with Gasteiger partial charge in [0.1, 0.15) is 17.6 Å². The van der Waals surface area contributed by atoms with E-state index in [9.17, 15) is 19.1 Å². The number of fused-ring (bicyclic) bond motifs is 3. The summed E-state index contributed by atoms with van der Waals surface area (Å²) in [7, 11) is 2.04. The Bertz CT molecular complexity index is 1480. The number of phenols is 1. The molecule has 2 atom stereocenters. The molecule has 1 fully saturated rings. The van der Waals surface area contributed by atoms with Crippen LogP contribution in [0.5, 0.6) is 5.75 Å². The number of nitrogens with one attached hydrogen (secondary N) is 2. The Kier molecular flexibility index (Phi) is 11.8. The molecule has 1 spiro atoms. The number of hydrogen-bond acceptors (Lipinski definition) is 5. The average Bonchev–Trinajstić information content (AvgIpc) is 3.32. The molecule has 46 heavy (non-hydrogen) atoms. The lowest BCUT2D eigenvalue weighted by Crippen LogP contribution is -2.57. The second-order valence-electron chi connectivity index (χ2n) is 12.7. The van der Waals surface area contributed by atoms with Crippen molar-refractivity contribution in [2.45, 2.75) is 90.8 Å². The molecule has 3 aromatic rings. The predicted octanol–water partition coefficient (Wildman–Crippen LogP) is 6.03. The minimum Gasteiger partial charge on any atom is -0.508 e. The van der Waals surface area contributed by atoms with Gasteiger partial charge in [0.05, 0.1) is 6.04 Å². The van der Waals surface area contributed by atoms with Crippen LogP contribution < -0.4 is 15.5 Å². The maximum Gasteiger partial charge on any atom is 0.245 e. The van der Waals surface area contributed by atoms with Crippen LogP contribution in [0.25, 0.3) is 0 Å². The van der Waals surface area contributed by atoms with Gasteiger partial charge in [-0.1, -0.05) is 70.0 Å². The molecule has 1 saturated heterocycles. The highest BCUT2D eigenvalue weighted by molar-refractivity contribution is 5.90. The van der Waals surface area contributed by atoms with Crippen LogP contribution in [0.2, 0.25) is 0 Å². The largest absolute Gasteiger partial charge is 0.508 e. The summed E-state index contributed by atoms with van der Waals surface area (Å²) in [5.74, 6) is -0.308. The fourth-order valence-corrected chi connectivity index (χ4v) is 6.81. The summed E-state index contributed by atoms with van der Waals surface area (Å²) in [6.07, 6.45) is 3.64. The standard InChI is InChI=1S/C33H37FN4O3.C3H8.C2H6/c1-21-3-5-22(6-4-21)15-29(36-31(40)28-17-23-7-9-26(39)16-24(23)19-35-28)32(41)38-13-11-33(12-14-38)20-37(2)30-10-8-25(34)18-27(30)33;1-3-2;1-2/h3-10,16,18,28-29,35,39H,11-15,17,19-20H2,1-2H3,(H,36,40);3H2,1-2H3;1-2H3/t28-,29+;;/m0../s1. The van der Waals surface area contributed by atoms with Crippen LogP contribution in [0.15, 0.2) is 60.7 Å². The first kappa shape index (κ1) is 35.0. The van der Waals surface area contributed by atoms with Gasteiger partial charge in [-0.05, 0) is 78.8 Å². The van der Waals surface area contributed by atoms with E-state index >= 15 is 0 Å². The predicted molar refractivity (Wildman–Crippen MR) is 184 cm³/mol. The van der Waals surface area contributed by atoms with E-state index in [1.54, 1.807) is 18.2 Å². The molecule has 3 N–H and O–H groups in total. The van der Waals surface area contributed by atoms with Gasteiger partial charge in [-0.15, -0.1) is 0 Å². The third-order valence-electron chi connectivity index (χ3n) is 9.16. The SMILES string of the molecule is CC.CCC.Cc1ccc(C[C@@H](NC(=O)[C@@H]2Cc3ccc(O)cc3CN2)C(=O)N2CCC3(CC2)CN(C)c2ccc(F)cc23)cc1. The van der Waals surface area contributed by atoms with Gasteiger partial charge in [0, 0.05) is 50.7 Å². The summed E-state index contributed by atoms with van der Waals surface area (Å²) in [5, 5.41) is 16.1. The summed E-state index contributed by atoms with van der Waals surface area (Å²) >= 11 is 0. The van der Waals surface area contributed by atoms with E-state index in [2.05, 4.69) is 29.4 Å². The van der Waals surface area contributed by atoms with Crippen molar-refractivity contribution in [1.29, 1.82) is 0 Å². The maximum atomic E-state index is 14.2. The van der Waals surface area contributed by atoms with E-state index in [-0.39, 0.29) is 28.8 Å². The maximum absolute atomic E-state index is 14.2. The number of benzene rings is 3. The highest BCUT2D eigenvalue weighted by atomic mass is 19.1. The topological polar surface area (TPSA) is 84.9 Å². The zero-order chi connectivity index (χ0) is 33.4. The number of halogens is 1. The van der Waals surface area contributed by atoms with E-state index in [1.165, 1.54) is 12.5 Å². The molecule has 3 heterocycles. The smallest absolute Gasteiger partial charge is 0.245 e. The molecule has 0 radical (unpaired) electrons. The van der Waals surface area contributed by atoms with Crippen molar-refractivity contribution in [3.63, 3.8) is 0 Å². The van der Waals surface area contributed by atoms with Gasteiger partial charge in [0.25, 0.3) is 0 Å². The first-order valence-corrected chi connectivity index (χ1v) is 16.8. The number of aryl methyl sites for hydroxylation is 1. The Balaban J connectivity index is 0.000000908. The van der Waals surface area contributed by atoms with Crippen molar-refractivity contribution < 1.29 is 19.1 Å². The van der Waals surface area contributed by atoms with Crippen LogP contribution >= 0.6 is 0 Å². The average molecular weight is 631 g/mol. The van der Waals surface area contributed by atoms with E-state index < -0.39 is 12.1 Å². The molecule has 3 aliphatic rings. The van der Waals surface area contributed by atoms with Crippen LogP contribution in [0, 0.1) is 12.7 Å². The fourth-order valence-electron chi connectivity index (χ4n) is 6.81. The van der Waals surface area contributed by atoms with Gasteiger partial charge in [-0.2, -0.15) is 0 Å². The number of likely N-dealkylation sites (tertiary alicyclic amines) is 1. The lowest BCUT2D eigenvalue weighted by atomic mass is 9.74. The quantitative estimate of drug-likeness (QED) is 0.321. The van der Waals surface area contributed by atoms with Crippen molar-refractivity contribution in [2.75, 3.05) is 31.6 Å². The first-order valence-electron chi connectivity index (χ1n) is 16.8. The molecule has 248 valence electrons. The van der Waals surface area contributed by atoms with Crippen LogP contribution in [0.4, 0.5) is 10.1 Å². The second kappa shape index (κ2) is 15.6. The molecule has 7 nitrogen and oxygen atoms in total. The number of amides is 2. The number of phenolic OH excluding ortho intramolecular Hbond substituents is 1. The normalized spacial score (nSPS) is 18.3. The summed E-state index contributed by atoms with van der Waals surface area (Å²) in [6.45, 7) is 12.7. The van der Waals surface area contributed by atoms with E-state index in [1.807, 2.05) is 69.1 Å². The lowest BCUT2D eigenvalue weighted by molar-refractivity contribution is -0.138. The van der Waals surface area contributed by atoms with Crippen LogP contribution in [0.1, 0.15) is 74.8 Å². The van der Waals surface area contributed by atoms with E-state index in [4.69, 9.17) is 0 Å². The Morgan fingerprint density at radius 3 is 2.37 bits per heavy atom. The molecule has 0 saturated carbocycles. The molecule has 0 aliphatic carbocycles. The van der Waals surface area contributed by atoms with Crippen LogP contribution in [-0.2, 0) is 34.4 Å². The minimum absolute atomic E-state index is 0.0827. The van der Waals surface area contributed by atoms with Crippen LogP contribution in [-0.4, -0.2) is 60.6 Å². The first-order chi connectivity index (χ1) is 22.1. The number of rotatable bonds is 5. The zero-order valence-electron chi connectivity index (χ0n) is 28.3. The summed E-state index contributed by atoms with van der Waals surface area (Å²) < 4.78 is 14.2. The highest BCUT2D eigenvalue weighted by Crippen LogP contribution is 2.46. The molecule has 8 heteroatoms. The third-order valence-corrected chi connectivity index (χ3v) is 9.16. The summed E-state index contributed by atoms with van der Waals surface area (Å²) in [6, 6.07) is 17.1. The Morgan fingerprint density at radius 1 is 1.02 bits per heavy atom. The number of hydrogen-bond donors (Lipinski definition) is 3. The monoisotopic (exact) mass is 630 g/mol. The molecule has 0 unspecified atom stereocenters. The number of nitrogens with zero attached hydrogens (tertiary/aromatic N) is 2. The van der Waals surface area contributed by atoms with Gasteiger partial charge in [0.15, 0.2) is 0 Å². The summed E-state index contributed by atoms with van der Waals surface area (Å²) in [5.41, 5.74) is 6.04. The lowest BCUT2D eigenvalue weighted by Gasteiger charge is -2.41. The minimum atomic E-state index is -0.696. The molecular weight excluding hydrogens is 579 g/mol. The number of carbonyl (C=O) groups is 2. The van der Waals surface area contributed by atoms with Crippen molar-refractivity contribution >= 4 is 17.5 Å². The molecule has 3 aromatic carbocycles.